The first kappa shape index (κ1) is 24.3. The first-order chi connectivity index (χ1) is 15.4. The molecular formula is C20H19BrClN5O3S2. The van der Waals surface area contributed by atoms with Gasteiger partial charge in [0.2, 0.25) is 5.13 Å². The van der Waals surface area contributed by atoms with Gasteiger partial charge in [0.1, 0.15) is 6.61 Å². The molecule has 1 aromatic heterocycles. The summed E-state index contributed by atoms with van der Waals surface area (Å²) >= 11 is 11.9. The fourth-order valence-corrected chi connectivity index (χ4v) is 4.55. The van der Waals surface area contributed by atoms with E-state index in [0.29, 0.717) is 43.7 Å². The molecule has 3 N–H and O–H groups in total. The standard InChI is InChI=1S/C20H19BrClN5O3S2/c1-2-29-16-8-13(9-24-25-17(28)11-31-20-27-26-19(23)32-20)7-15(21)18(16)30-10-12-3-5-14(22)6-4-12/h3-9H,2,10-11H2,1H3,(H2,23,26)(H,25,28). The zero-order valence-electron chi connectivity index (χ0n) is 16.9. The molecule has 0 bridgehead atoms. The number of anilines is 1. The number of nitrogens with one attached hydrogen (secondary N) is 1. The molecule has 0 aliphatic rings. The van der Waals surface area contributed by atoms with Crippen molar-refractivity contribution in [3.8, 4) is 11.5 Å². The highest BCUT2D eigenvalue weighted by Gasteiger charge is 2.12. The molecule has 0 aliphatic heterocycles. The van der Waals surface area contributed by atoms with Gasteiger partial charge in [0.25, 0.3) is 5.91 Å². The number of rotatable bonds is 10. The Bertz CT molecular complexity index is 1100. The summed E-state index contributed by atoms with van der Waals surface area (Å²) in [6.45, 7) is 2.72. The number of hydrazone groups is 1. The van der Waals surface area contributed by atoms with E-state index in [1.54, 1.807) is 6.07 Å². The van der Waals surface area contributed by atoms with Gasteiger partial charge in [-0.1, -0.05) is 46.8 Å². The molecule has 0 aliphatic carbocycles. The normalized spacial score (nSPS) is 11.0. The molecule has 32 heavy (non-hydrogen) atoms. The molecule has 3 aromatic rings. The Morgan fingerprint density at radius 2 is 2.09 bits per heavy atom. The first-order valence-electron chi connectivity index (χ1n) is 9.32. The van der Waals surface area contributed by atoms with Gasteiger partial charge in [-0.2, -0.15) is 5.10 Å². The van der Waals surface area contributed by atoms with E-state index in [0.717, 1.165) is 11.1 Å². The SMILES string of the molecule is CCOc1cc(C=NNC(=O)CSc2nnc(N)s2)cc(Br)c1OCc1ccc(Cl)cc1. The molecule has 2 aromatic carbocycles. The smallest absolute Gasteiger partial charge is 0.250 e. The highest BCUT2D eigenvalue weighted by Crippen LogP contribution is 2.37. The van der Waals surface area contributed by atoms with Crippen LogP contribution in [0, 0.1) is 0 Å². The predicted molar refractivity (Wildman–Crippen MR) is 132 cm³/mol. The lowest BCUT2D eigenvalue weighted by molar-refractivity contribution is -0.118. The molecule has 0 atom stereocenters. The molecule has 0 saturated heterocycles. The van der Waals surface area contributed by atoms with Gasteiger partial charge in [0.05, 0.1) is 23.0 Å². The van der Waals surface area contributed by atoms with Crippen LogP contribution in [0.3, 0.4) is 0 Å². The lowest BCUT2D eigenvalue weighted by Gasteiger charge is -2.14. The van der Waals surface area contributed by atoms with Crippen LogP contribution >= 0.6 is 50.6 Å². The number of ether oxygens (including phenoxy) is 2. The maximum Gasteiger partial charge on any atom is 0.250 e. The summed E-state index contributed by atoms with van der Waals surface area (Å²) in [5, 5.41) is 12.6. The van der Waals surface area contributed by atoms with Crippen molar-refractivity contribution in [2.75, 3.05) is 18.1 Å². The van der Waals surface area contributed by atoms with Crippen LogP contribution in [0.15, 0.2) is 50.3 Å². The third-order valence-corrected chi connectivity index (χ3v) is 6.51. The van der Waals surface area contributed by atoms with E-state index in [1.807, 2.05) is 37.3 Å². The van der Waals surface area contributed by atoms with Crippen LogP contribution in [-0.2, 0) is 11.4 Å². The van der Waals surface area contributed by atoms with Crippen LogP contribution < -0.4 is 20.6 Å². The van der Waals surface area contributed by atoms with Crippen LogP contribution in [-0.4, -0.2) is 34.7 Å². The number of nitrogens with two attached hydrogens (primary N) is 1. The summed E-state index contributed by atoms with van der Waals surface area (Å²) in [6, 6.07) is 11.0. The number of nitrogen functional groups attached to an aromatic ring is 1. The number of carbonyl (C=O) groups excluding carboxylic acids is 1. The molecule has 3 rings (SSSR count). The van der Waals surface area contributed by atoms with Crippen molar-refractivity contribution in [1.82, 2.24) is 15.6 Å². The van der Waals surface area contributed by atoms with Crippen molar-refractivity contribution in [2.45, 2.75) is 17.9 Å². The Morgan fingerprint density at radius 3 is 2.78 bits per heavy atom. The van der Waals surface area contributed by atoms with Gasteiger partial charge < -0.3 is 15.2 Å². The lowest BCUT2D eigenvalue weighted by atomic mass is 10.2. The molecule has 1 heterocycles. The number of nitrogens with zero attached hydrogens (tertiary/aromatic N) is 3. The van der Waals surface area contributed by atoms with Gasteiger partial charge in [0.15, 0.2) is 15.8 Å². The van der Waals surface area contributed by atoms with Gasteiger partial charge in [0, 0.05) is 5.02 Å². The van der Waals surface area contributed by atoms with Crippen LogP contribution in [0.5, 0.6) is 11.5 Å². The second-order valence-corrected chi connectivity index (χ2v) is 9.69. The van der Waals surface area contributed by atoms with E-state index in [9.17, 15) is 4.79 Å². The van der Waals surface area contributed by atoms with Gasteiger partial charge in [-0.25, -0.2) is 5.43 Å². The Labute approximate surface area is 206 Å². The molecule has 0 fully saturated rings. The number of hydrogen-bond donors (Lipinski definition) is 2. The van der Waals surface area contributed by atoms with Gasteiger partial charge >= 0.3 is 0 Å². The molecule has 1 amide bonds. The van der Waals surface area contributed by atoms with E-state index >= 15 is 0 Å². The number of halogens is 2. The largest absolute Gasteiger partial charge is 0.490 e. The number of thioether (sulfide) groups is 1. The molecule has 168 valence electrons. The second kappa shape index (κ2) is 12.0. The molecule has 0 radical (unpaired) electrons. The molecule has 12 heteroatoms. The summed E-state index contributed by atoms with van der Waals surface area (Å²) < 4.78 is 13.0. The molecule has 0 unspecified atom stereocenters. The Morgan fingerprint density at radius 1 is 1.31 bits per heavy atom. The van der Waals surface area contributed by atoms with Gasteiger partial charge in [-0.05, 0) is 58.2 Å². The van der Waals surface area contributed by atoms with Crippen LogP contribution in [0.1, 0.15) is 18.1 Å². The number of amides is 1. The Hall–Kier alpha value is -2.34. The van der Waals surface area contributed by atoms with E-state index in [-0.39, 0.29) is 11.7 Å². The fourth-order valence-electron chi connectivity index (χ4n) is 2.42. The summed E-state index contributed by atoms with van der Waals surface area (Å²) in [6.07, 6.45) is 1.53. The highest BCUT2D eigenvalue weighted by atomic mass is 79.9. The molecule has 8 nitrogen and oxygen atoms in total. The highest BCUT2D eigenvalue weighted by molar-refractivity contribution is 9.10. The zero-order chi connectivity index (χ0) is 22.9. The van der Waals surface area contributed by atoms with Crippen molar-refractivity contribution in [2.24, 2.45) is 5.10 Å². The number of aromatic nitrogens is 2. The quantitative estimate of drug-likeness (QED) is 0.210. The zero-order valence-corrected chi connectivity index (χ0v) is 20.9. The second-order valence-electron chi connectivity index (χ2n) is 6.17. The van der Waals surface area contributed by atoms with E-state index < -0.39 is 0 Å². The van der Waals surface area contributed by atoms with Crippen LogP contribution in [0.2, 0.25) is 5.02 Å². The predicted octanol–water partition coefficient (Wildman–Crippen LogP) is 4.76. The first-order valence-corrected chi connectivity index (χ1v) is 12.3. The maximum absolute atomic E-state index is 12.0. The third kappa shape index (κ3) is 7.37. The van der Waals surface area contributed by atoms with E-state index in [4.69, 9.17) is 26.8 Å². The number of carbonyl (C=O) groups is 1. The van der Waals surface area contributed by atoms with Gasteiger partial charge in [-0.3, -0.25) is 4.79 Å². The lowest BCUT2D eigenvalue weighted by Crippen LogP contribution is -2.19. The molecular weight excluding hydrogens is 538 g/mol. The summed E-state index contributed by atoms with van der Waals surface area (Å²) in [4.78, 5) is 12.0. The Kier molecular flexibility index (Phi) is 9.15. The molecule has 0 spiro atoms. The van der Waals surface area contributed by atoms with E-state index in [1.165, 1.54) is 29.3 Å². The topological polar surface area (TPSA) is 112 Å². The molecule has 0 saturated carbocycles. The third-order valence-electron chi connectivity index (χ3n) is 3.78. The maximum atomic E-state index is 12.0. The van der Waals surface area contributed by atoms with Gasteiger partial charge in [-0.15, -0.1) is 10.2 Å². The monoisotopic (exact) mass is 555 g/mol. The minimum atomic E-state index is -0.271. The van der Waals surface area contributed by atoms with Crippen LogP contribution in [0.25, 0.3) is 0 Å². The fraction of sp³-hybridized carbons (Fsp3) is 0.200. The average Bonchev–Trinajstić information content (AvgIpc) is 3.18. The van der Waals surface area contributed by atoms with Crippen molar-refractivity contribution >= 4 is 67.9 Å². The van der Waals surface area contributed by atoms with Crippen LogP contribution in [0.4, 0.5) is 5.13 Å². The Balaban J connectivity index is 1.61. The van der Waals surface area contributed by atoms with Crippen molar-refractivity contribution in [3.05, 3.63) is 57.0 Å². The summed E-state index contributed by atoms with van der Waals surface area (Å²) in [5.74, 6) is 1.02. The minimum absolute atomic E-state index is 0.150. The van der Waals surface area contributed by atoms with Crippen molar-refractivity contribution in [3.63, 3.8) is 0 Å². The summed E-state index contributed by atoms with van der Waals surface area (Å²) in [5.41, 5.74) is 9.71. The minimum Gasteiger partial charge on any atom is -0.490 e. The van der Waals surface area contributed by atoms with Crippen molar-refractivity contribution < 1.29 is 14.3 Å². The number of benzene rings is 2. The summed E-state index contributed by atoms with van der Waals surface area (Å²) in [7, 11) is 0. The van der Waals surface area contributed by atoms with E-state index in [2.05, 4.69) is 36.7 Å². The number of hydrogen-bond acceptors (Lipinski definition) is 9. The average molecular weight is 557 g/mol. The van der Waals surface area contributed by atoms with Crippen molar-refractivity contribution in [1.29, 1.82) is 0 Å².